The molecule has 3 N–H and O–H groups in total. The van der Waals surface area contributed by atoms with Gasteiger partial charge in [-0.1, -0.05) is 0 Å². The first kappa shape index (κ1) is 24.8. The first-order valence-electron chi connectivity index (χ1n) is 11.0. The van der Waals surface area contributed by atoms with Gasteiger partial charge in [-0.15, -0.1) is 0 Å². The van der Waals surface area contributed by atoms with E-state index in [-0.39, 0.29) is 5.91 Å². The van der Waals surface area contributed by atoms with Crippen LogP contribution in [0.3, 0.4) is 0 Å². The molecule has 0 saturated heterocycles. The first-order chi connectivity index (χ1) is 13.5. The fourth-order valence-corrected chi connectivity index (χ4v) is 19.7. The third-order valence-electron chi connectivity index (χ3n) is 5.40. The van der Waals surface area contributed by atoms with Gasteiger partial charge in [0.1, 0.15) is 0 Å². The van der Waals surface area contributed by atoms with E-state index in [0.717, 1.165) is 5.69 Å². The summed E-state index contributed by atoms with van der Waals surface area (Å²) in [6.07, 6.45) is 8.00. The van der Waals surface area contributed by atoms with Gasteiger partial charge in [0.2, 0.25) is 0 Å². The SMILES string of the molecule is CCC[CH2][Sn]([CH2]CCC)([CH2]CCC)[c]1cccc(NC(=O)NNC(=O)CC)c1. The number of nitrogens with one attached hydrogen (secondary N) is 3. The number of anilines is 1. The van der Waals surface area contributed by atoms with Crippen LogP contribution in [0.5, 0.6) is 0 Å². The number of benzene rings is 1. The molecule has 0 aliphatic heterocycles. The molecule has 0 bridgehead atoms. The molecule has 3 amide bonds. The number of amides is 3. The van der Waals surface area contributed by atoms with Gasteiger partial charge in [0, 0.05) is 0 Å². The Morgan fingerprint density at radius 2 is 1.43 bits per heavy atom. The van der Waals surface area contributed by atoms with Crippen LogP contribution in [0.25, 0.3) is 0 Å². The van der Waals surface area contributed by atoms with Gasteiger partial charge in [0.25, 0.3) is 0 Å². The number of hydrazine groups is 1. The van der Waals surface area contributed by atoms with Crippen molar-refractivity contribution in [2.45, 2.75) is 86.0 Å². The summed E-state index contributed by atoms with van der Waals surface area (Å²) in [6, 6.07) is 8.11. The van der Waals surface area contributed by atoms with Crippen molar-refractivity contribution in [3.05, 3.63) is 24.3 Å². The van der Waals surface area contributed by atoms with Crippen LogP contribution in [-0.4, -0.2) is 30.3 Å². The van der Waals surface area contributed by atoms with Crippen molar-refractivity contribution in [3.63, 3.8) is 0 Å². The van der Waals surface area contributed by atoms with Crippen molar-refractivity contribution in [3.8, 4) is 0 Å². The summed E-state index contributed by atoms with van der Waals surface area (Å²) >= 11 is -2.51. The van der Waals surface area contributed by atoms with E-state index in [1.807, 2.05) is 6.07 Å². The van der Waals surface area contributed by atoms with Crippen LogP contribution < -0.4 is 19.7 Å². The number of rotatable bonds is 12. The molecule has 5 nitrogen and oxygen atoms in total. The van der Waals surface area contributed by atoms with Crippen molar-refractivity contribution in [2.75, 3.05) is 5.32 Å². The van der Waals surface area contributed by atoms with Gasteiger partial charge in [0.05, 0.1) is 0 Å². The van der Waals surface area contributed by atoms with E-state index >= 15 is 0 Å². The number of urea groups is 1. The zero-order chi connectivity index (χ0) is 20.8. The monoisotopic (exact) mass is 497 g/mol. The van der Waals surface area contributed by atoms with Gasteiger partial charge in [-0.3, -0.25) is 0 Å². The first-order valence-corrected chi connectivity index (χ1v) is 18.5. The molecule has 1 aromatic carbocycles. The predicted molar refractivity (Wildman–Crippen MR) is 122 cm³/mol. The molecule has 28 heavy (non-hydrogen) atoms. The maximum atomic E-state index is 12.1. The summed E-state index contributed by atoms with van der Waals surface area (Å²) in [7, 11) is 0. The number of hydrogen-bond acceptors (Lipinski definition) is 2. The average molecular weight is 496 g/mol. The van der Waals surface area contributed by atoms with E-state index in [9.17, 15) is 9.59 Å². The van der Waals surface area contributed by atoms with E-state index in [0.29, 0.717) is 6.42 Å². The Bertz CT molecular complexity index is 585. The minimum absolute atomic E-state index is 0.210. The van der Waals surface area contributed by atoms with Crippen LogP contribution >= 0.6 is 0 Å². The van der Waals surface area contributed by atoms with Crippen LogP contribution in [0, 0.1) is 0 Å². The average Bonchev–Trinajstić information content (AvgIpc) is 2.72. The van der Waals surface area contributed by atoms with E-state index in [4.69, 9.17) is 0 Å². The Morgan fingerprint density at radius 3 is 1.93 bits per heavy atom. The number of carbonyl (C=O) groups excluding carboxylic acids is 2. The van der Waals surface area contributed by atoms with Gasteiger partial charge in [0.15, 0.2) is 0 Å². The third-order valence-corrected chi connectivity index (χ3v) is 21.0. The van der Waals surface area contributed by atoms with Crippen molar-refractivity contribution in [2.24, 2.45) is 0 Å². The summed E-state index contributed by atoms with van der Waals surface area (Å²) in [5.74, 6) is -0.210. The Morgan fingerprint density at radius 1 is 0.857 bits per heavy atom. The summed E-state index contributed by atoms with van der Waals surface area (Å²) < 4.78 is 5.72. The second-order valence-electron chi connectivity index (χ2n) is 7.65. The minimum atomic E-state index is -2.51. The van der Waals surface area contributed by atoms with Crippen LogP contribution in [-0.2, 0) is 4.79 Å². The quantitative estimate of drug-likeness (QED) is 0.272. The molecular weight excluding hydrogens is 457 g/mol. The molecule has 1 aromatic rings. The van der Waals surface area contributed by atoms with Crippen LogP contribution in [0.2, 0.25) is 13.3 Å². The van der Waals surface area contributed by atoms with Crippen LogP contribution in [0.4, 0.5) is 10.5 Å². The fraction of sp³-hybridized carbons (Fsp3) is 0.636. The van der Waals surface area contributed by atoms with Crippen molar-refractivity contribution < 1.29 is 9.59 Å². The van der Waals surface area contributed by atoms with Gasteiger partial charge >= 0.3 is 176 Å². The summed E-state index contributed by atoms with van der Waals surface area (Å²) in [4.78, 5) is 23.4. The molecule has 158 valence electrons. The molecule has 0 atom stereocenters. The fourth-order valence-electron chi connectivity index (χ4n) is 3.66. The molecule has 0 spiro atoms. The molecule has 0 radical (unpaired) electrons. The summed E-state index contributed by atoms with van der Waals surface area (Å²) in [5.41, 5.74) is 5.61. The topological polar surface area (TPSA) is 70.2 Å². The summed E-state index contributed by atoms with van der Waals surface area (Å²) in [5, 5.41) is 2.87. The van der Waals surface area contributed by atoms with Gasteiger partial charge in [-0.2, -0.15) is 0 Å². The number of unbranched alkanes of at least 4 members (excludes halogenated alkanes) is 3. The molecule has 0 unspecified atom stereocenters. The standard InChI is InChI=1S/C10H12N3O2.3C4H9.Sn/c1-2-9(14)12-13-10(15)11-8-6-4-3-5-7-8;3*1-3-4-2;/h3-4,6-7H,2H2,1H3,(H,12,14)(H2,11,13,15);3*1,3-4H2,2H3;. The predicted octanol–water partition coefficient (Wildman–Crippen LogP) is 5.31. The van der Waals surface area contributed by atoms with Gasteiger partial charge < -0.3 is 0 Å². The van der Waals surface area contributed by atoms with Crippen LogP contribution in [0.15, 0.2) is 24.3 Å². The molecule has 6 heteroatoms. The molecule has 0 aliphatic carbocycles. The summed E-state index contributed by atoms with van der Waals surface area (Å²) in [6.45, 7) is 8.59. The normalized spacial score (nSPS) is 11.1. The van der Waals surface area contributed by atoms with E-state index in [1.54, 1.807) is 6.92 Å². The molecule has 0 heterocycles. The Labute approximate surface area is 175 Å². The Balaban J connectivity index is 3.01. The maximum absolute atomic E-state index is 12.1. The zero-order valence-corrected chi connectivity index (χ0v) is 21.1. The molecule has 0 fully saturated rings. The Kier molecular flexibility index (Phi) is 12.3. The van der Waals surface area contributed by atoms with E-state index in [2.05, 4.69) is 55.1 Å². The molecule has 0 aliphatic rings. The van der Waals surface area contributed by atoms with Gasteiger partial charge in [-0.05, 0) is 0 Å². The van der Waals surface area contributed by atoms with Crippen molar-refractivity contribution >= 4 is 39.6 Å². The molecule has 0 aromatic heterocycles. The second kappa shape index (κ2) is 13.9. The number of hydrogen-bond donors (Lipinski definition) is 3. The second-order valence-corrected chi connectivity index (χ2v) is 20.9. The molecule has 1 rings (SSSR count). The van der Waals surface area contributed by atoms with Crippen molar-refractivity contribution in [1.29, 1.82) is 0 Å². The van der Waals surface area contributed by atoms with Gasteiger partial charge in [-0.25, -0.2) is 0 Å². The zero-order valence-electron chi connectivity index (χ0n) is 18.2. The molecule has 0 saturated carbocycles. The van der Waals surface area contributed by atoms with Crippen molar-refractivity contribution in [1.82, 2.24) is 10.9 Å². The van der Waals surface area contributed by atoms with E-state index in [1.165, 1.54) is 55.4 Å². The molecular formula is C22H39N3O2Sn. The van der Waals surface area contributed by atoms with E-state index < -0.39 is 24.4 Å². The van der Waals surface area contributed by atoms with Crippen LogP contribution in [0.1, 0.15) is 72.6 Å². The third kappa shape index (κ3) is 8.41. The number of carbonyl (C=O) groups is 2. The Hall–Kier alpha value is -1.24.